The van der Waals surface area contributed by atoms with Crippen LogP contribution in [-0.4, -0.2) is 51.0 Å². The van der Waals surface area contributed by atoms with Crippen LogP contribution in [0.3, 0.4) is 0 Å². The number of hydrogen-bond donors (Lipinski definition) is 6. The van der Waals surface area contributed by atoms with Crippen LogP contribution in [0.2, 0.25) is 0 Å². The summed E-state index contributed by atoms with van der Waals surface area (Å²) in [5.41, 5.74) is 19.6. The standard InChI is InChI=1S/C4H11N5.C2H4N4.C2H7N.2ClH/c1-9(2)4(7)8-3(5)6;3-1-6-2(4)5;1-3-2;;/h1-2H3,(H5,5,6,7,8);(H4,4,5,6);3H,1-2H3;2*1H. The molecule has 120 valence electrons. The van der Waals surface area contributed by atoms with Gasteiger partial charge in [0.2, 0.25) is 18.1 Å². The second-order valence-electron chi connectivity index (χ2n) is 2.89. The van der Waals surface area contributed by atoms with Crippen LogP contribution in [0, 0.1) is 16.9 Å². The molecular weight excluding hydrogens is 307 g/mol. The van der Waals surface area contributed by atoms with Crippen LogP contribution in [-0.2, 0) is 0 Å². The Morgan fingerprint density at radius 2 is 1.50 bits per heavy atom. The summed E-state index contributed by atoms with van der Waals surface area (Å²) >= 11 is 0. The second kappa shape index (κ2) is 22.2. The van der Waals surface area contributed by atoms with Crippen molar-refractivity contribution in [3.05, 3.63) is 0 Å². The van der Waals surface area contributed by atoms with Gasteiger partial charge in [-0.2, -0.15) is 10.3 Å². The number of rotatable bonds is 0. The third-order valence-electron chi connectivity index (χ3n) is 0.872. The molecule has 0 unspecified atom stereocenters. The predicted molar refractivity (Wildman–Crippen MR) is 88.1 cm³/mol. The van der Waals surface area contributed by atoms with E-state index in [-0.39, 0.29) is 42.7 Å². The van der Waals surface area contributed by atoms with Gasteiger partial charge >= 0.3 is 0 Å². The maximum Gasteiger partial charge on any atom is 0.215 e. The third kappa shape index (κ3) is 44.4. The molecule has 0 atom stereocenters. The Labute approximate surface area is 131 Å². The highest BCUT2D eigenvalue weighted by molar-refractivity contribution is 5.91. The molecule has 10 nitrogen and oxygen atoms in total. The Morgan fingerprint density at radius 1 is 1.15 bits per heavy atom. The molecule has 0 fully saturated rings. The molecule has 0 aliphatic carbocycles. The van der Waals surface area contributed by atoms with E-state index >= 15 is 0 Å². The van der Waals surface area contributed by atoms with E-state index in [2.05, 4.69) is 15.3 Å². The van der Waals surface area contributed by atoms with Gasteiger partial charge in [-0.1, -0.05) is 0 Å². The Kier molecular flexibility index (Phi) is 34.3. The number of nitrogens with zero attached hydrogens (tertiary/aromatic N) is 4. The summed E-state index contributed by atoms with van der Waals surface area (Å²) in [5, 5.41) is 17.1. The van der Waals surface area contributed by atoms with Gasteiger partial charge in [-0.3, -0.25) is 5.41 Å². The SMILES string of the molecule is CN(C)C(N)=NC(=N)N.CNC.Cl.Cl.N#CN=C(N)N. The first-order valence-electron chi connectivity index (χ1n) is 4.64. The number of nitrogens with one attached hydrogen (secondary N) is 2. The number of hydrogen-bond acceptors (Lipinski definition) is 4. The van der Waals surface area contributed by atoms with E-state index in [9.17, 15) is 0 Å². The first-order valence-corrected chi connectivity index (χ1v) is 4.64. The van der Waals surface area contributed by atoms with Gasteiger partial charge in [0.25, 0.3) is 0 Å². The molecule has 0 bridgehead atoms. The summed E-state index contributed by atoms with van der Waals surface area (Å²) in [5.74, 6) is -0.235. The average molecular weight is 331 g/mol. The maximum absolute atomic E-state index is 7.64. The fourth-order valence-corrected chi connectivity index (χ4v) is 0.281. The lowest BCUT2D eigenvalue weighted by Gasteiger charge is -2.08. The van der Waals surface area contributed by atoms with Crippen LogP contribution in [0.15, 0.2) is 9.98 Å². The number of aliphatic imine (C=N–C) groups is 2. The zero-order chi connectivity index (χ0) is 15.1. The van der Waals surface area contributed by atoms with Crippen LogP contribution in [0.25, 0.3) is 0 Å². The molecule has 0 aliphatic rings. The van der Waals surface area contributed by atoms with Crippen LogP contribution >= 0.6 is 24.8 Å². The van der Waals surface area contributed by atoms with E-state index in [0.29, 0.717) is 0 Å². The largest absolute Gasteiger partial charge is 0.369 e. The summed E-state index contributed by atoms with van der Waals surface area (Å²) in [6, 6.07) is 0. The zero-order valence-corrected chi connectivity index (χ0v) is 13.5. The van der Waals surface area contributed by atoms with E-state index in [4.69, 9.17) is 33.6 Å². The maximum atomic E-state index is 7.64. The summed E-state index contributed by atoms with van der Waals surface area (Å²) in [4.78, 5) is 7.93. The molecule has 0 rings (SSSR count). The van der Waals surface area contributed by atoms with Gasteiger partial charge in [0.05, 0.1) is 0 Å². The lowest BCUT2D eigenvalue weighted by atomic mass is 10.8. The van der Waals surface area contributed by atoms with Crippen LogP contribution < -0.4 is 28.3 Å². The first-order chi connectivity index (χ1) is 8.22. The second-order valence-corrected chi connectivity index (χ2v) is 2.89. The molecule has 0 amide bonds. The molecule has 0 aromatic heterocycles. The van der Waals surface area contributed by atoms with Gasteiger partial charge in [-0.05, 0) is 14.1 Å². The van der Waals surface area contributed by atoms with Crippen molar-refractivity contribution in [2.24, 2.45) is 32.9 Å². The van der Waals surface area contributed by atoms with E-state index in [1.165, 1.54) is 6.19 Å². The topological polar surface area (TPSA) is 192 Å². The Morgan fingerprint density at radius 3 is 1.55 bits per heavy atom. The Hall–Kier alpha value is -1.96. The van der Waals surface area contributed by atoms with Gasteiger partial charge in [0.1, 0.15) is 0 Å². The van der Waals surface area contributed by atoms with Crippen molar-refractivity contribution in [1.29, 1.82) is 10.7 Å². The van der Waals surface area contributed by atoms with Gasteiger partial charge in [0.15, 0.2) is 5.96 Å². The molecule has 0 aromatic rings. The van der Waals surface area contributed by atoms with E-state index < -0.39 is 0 Å². The van der Waals surface area contributed by atoms with Crippen molar-refractivity contribution >= 4 is 42.7 Å². The van der Waals surface area contributed by atoms with Gasteiger partial charge < -0.3 is 33.2 Å². The predicted octanol–water partition coefficient (Wildman–Crippen LogP) is -1.82. The number of halogens is 2. The molecule has 20 heavy (non-hydrogen) atoms. The number of nitrogens with two attached hydrogens (primary N) is 4. The highest BCUT2D eigenvalue weighted by atomic mass is 35.5. The van der Waals surface area contributed by atoms with Crippen molar-refractivity contribution in [2.45, 2.75) is 0 Å². The summed E-state index contributed by atoms with van der Waals surface area (Å²) in [6.45, 7) is 0. The lowest BCUT2D eigenvalue weighted by molar-refractivity contribution is 0.615. The Bertz CT molecular complexity index is 316. The molecule has 0 radical (unpaired) electrons. The molecule has 0 aliphatic heterocycles. The quantitative estimate of drug-likeness (QED) is 0.171. The van der Waals surface area contributed by atoms with Gasteiger partial charge in [0, 0.05) is 14.1 Å². The molecule has 0 saturated carbocycles. The van der Waals surface area contributed by atoms with Crippen molar-refractivity contribution < 1.29 is 0 Å². The smallest absolute Gasteiger partial charge is 0.215 e. The molecule has 0 spiro atoms. The molecule has 0 aromatic carbocycles. The van der Waals surface area contributed by atoms with Crippen LogP contribution in [0.5, 0.6) is 0 Å². The average Bonchev–Trinajstić information content (AvgIpc) is 2.18. The molecular formula is C8H24Cl2N10. The first kappa shape index (κ1) is 30.8. The van der Waals surface area contributed by atoms with Crippen molar-refractivity contribution in [3.63, 3.8) is 0 Å². The van der Waals surface area contributed by atoms with Gasteiger partial charge in [-0.25, -0.2) is 0 Å². The third-order valence-corrected chi connectivity index (χ3v) is 0.872. The number of nitriles is 1. The minimum Gasteiger partial charge on any atom is -0.369 e. The minimum absolute atomic E-state index is 0. The molecule has 0 saturated heterocycles. The van der Waals surface area contributed by atoms with E-state index in [0.717, 1.165) is 0 Å². The summed E-state index contributed by atoms with van der Waals surface area (Å²) in [6.07, 6.45) is 1.41. The van der Waals surface area contributed by atoms with E-state index in [1.54, 1.807) is 19.0 Å². The summed E-state index contributed by atoms with van der Waals surface area (Å²) < 4.78 is 0. The van der Waals surface area contributed by atoms with Crippen molar-refractivity contribution in [1.82, 2.24) is 10.2 Å². The highest BCUT2D eigenvalue weighted by Crippen LogP contribution is 1.73. The zero-order valence-electron chi connectivity index (χ0n) is 11.9. The monoisotopic (exact) mass is 330 g/mol. The van der Waals surface area contributed by atoms with Crippen molar-refractivity contribution in [2.75, 3.05) is 28.2 Å². The molecule has 10 N–H and O–H groups in total. The van der Waals surface area contributed by atoms with Crippen LogP contribution in [0.1, 0.15) is 0 Å². The normalized spacial score (nSPS) is 7.65. The fourth-order valence-electron chi connectivity index (χ4n) is 0.281. The molecule has 12 heteroatoms. The van der Waals surface area contributed by atoms with Crippen LogP contribution in [0.4, 0.5) is 0 Å². The fraction of sp³-hybridized carbons (Fsp3) is 0.500. The number of guanidine groups is 3. The Balaban J connectivity index is -0.0000000601. The summed E-state index contributed by atoms with van der Waals surface area (Å²) in [7, 11) is 7.20. The minimum atomic E-state index is -0.277. The van der Waals surface area contributed by atoms with Gasteiger partial charge in [-0.15, -0.1) is 29.8 Å². The van der Waals surface area contributed by atoms with E-state index in [1.807, 2.05) is 14.1 Å². The highest BCUT2D eigenvalue weighted by Gasteiger charge is 1.92. The van der Waals surface area contributed by atoms with Crippen molar-refractivity contribution in [3.8, 4) is 6.19 Å². The lowest BCUT2D eigenvalue weighted by Crippen LogP contribution is -2.32. The molecule has 0 heterocycles.